The van der Waals surface area contributed by atoms with Gasteiger partial charge in [-0.05, 0) is 33.8 Å². The van der Waals surface area contributed by atoms with Crippen molar-refractivity contribution in [3.05, 3.63) is 23.6 Å². The topological polar surface area (TPSA) is 88.8 Å². The van der Waals surface area contributed by atoms with Crippen molar-refractivity contribution in [2.45, 2.75) is 39.3 Å². The Balaban J connectivity index is 1.64. The molecule has 3 aromatic rings. The summed E-state index contributed by atoms with van der Waals surface area (Å²) in [5.41, 5.74) is 1.43. The lowest BCUT2D eigenvalue weighted by Gasteiger charge is -2.40. The van der Waals surface area contributed by atoms with Gasteiger partial charge in [0.15, 0.2) is 11.5 Å². The number of rotatable bonds is 1. The van der Waals surface area contributed by atoms with Gasteiger partial charge in [-0.25, -0.2) is 14.8 Å². The molecule has 1 saturated heterocycles. The monoisotopic (exact) mass is 403 g/mol. The van der Waals surface area contributed by atoms with Crippen molar-refractivity contribution in [2.75, 3.05) is 24.5 Å². The third kappa shape index (κ3) is 3.42. The first-order valence-corrected chi connectivity index (χ1v) is 9.50. The highest BCUT2D eigenvalue weighted by atomic mass is 35.5. The number of ether oxygens (including phenoxy) is 1. The van der Waals surface area contributed by atoms with Gasteiger partial charge in [-0.2, -0.15) is 0 Å². The molecule has 1 aliphatic rings. The van der Waals surface area contributed by atoms with E-state index in [0.717, 1.165) is 5.52 Å². The van der Waals surface area contributed by atoms with Crippen LogP contribution >= 0.6 is 11.6 Å². The Kier molecular flexibility index (Phi) is 4.49. The average molecular weight is 404 g/mol. The lowest BCUT2D eigenvalue weighted by molar-refractivity contribution is 0.0159. The van der Waals surface area contributed by atoms with Crippen molar-refractivity contribution >= 4 is 40.3 Å². The SMILES string of the molecule is CC1CN(c2nc3ncc(Cl)cc3n3cnnc23)CCN1C(=O)OC(C)(C)C. The fraction of sp³-hybridized carbons (Fsp3) is 0.500. The molecule has 3 aromatic heterocycles. The maximum absolute atomic E-state index is 12.5. The number of fused-ring (bicyclic) bond motifs is 3. The van der Waals surface area contributed by atoms with Crippen LogP contribution in [0, 0.1) is 0 Å². The van der Waals surface area contributed by atoms with Gasteiger partial charge >= 0.3 is 6.09 Å². The second-order valence-electron chi connectivity index (χ2n) is 7.93. The highest BCUT2D eigenvalue weighted by Crippen LogP contribution is 2.26. The molecule has 0 saturated carbocycles. The number of halogens is 1. The first-order chi connectivity index (χ1) is 13.2. The van der Waals surface area contributed by atoms with Crippen LogP contribution in [-0.2, 0) is 4.74 Å². The number of aromatic nitrogens is 5. The van der Waals surface area contributed by atoms with E-state index >= 15 is 0 Å². The van der Waals surface area contributed by atoms with Gasteiger partial charge in [0.05, 0.1) is 10.5 Å². The summed E-state index contributed by atoms with van der Waals surface area (Å²) < 4.78 is 7.35. The van der Waals surface area contributed by atoms with Gasteiger partial charge in [0.1, 0.15) is 11.9 Å². The Morgan fingerprint density at radius 1 is 1.32 bits per heavy atom. The quantitative estimate of drug-likeness (QED) is 0.617. The van der Waals surface area contributed by atoms with E-state index in [1.165, 1.54) is 0 Å². The number of anilines is 1. The Morgan fingerprint density at radius 2 is 2.11 bits per heavy atom. The van der Waals surface area contributed by atoms with Crippen molar-refractivity contribution in [3.8, 4) is 0 Å². The summed E-state index contributed by atoms with van der Waals surface area (Å²) in [6.45, 7) is 9.34. The van der Waals surface area contributed by atoms with Crippen molar-refractivity contribution in [3.63, 3.8) is 0 Å². The molecule has 0 spiro atoms. The molecule has 0 aromatic carbocycles. The maximum atomic E-state index is 12.5. The summed E-state index contributed by atoms with van der Waals surface area (Å²) in [4.78, 5) is 25.4. The van der Waals surface area contributed by atoms with Gasteiger partial charge in [0, 0.05) is 31.9 Å². The van der Waals surface area contributed by atoms with Crippen LogP contribution in [0.5, 0.6) is 0 Å². The zero-order chi connectivity index (χ0) is 20.1. The van der Waals surface area contributed by atoms with Gasteiger partial charge in [0.2, 0.25) is 5.65 Å². The predicted molar refractivity (Wildman–Crippen MR) is 106 cm³/mol. The van der Waals surface area contributed by atoms with E-state index in [0.29, 0.717) is 41.8 Å². The summed E-state index contributed by atoms with van der Waals surface area (Å²) >= 11 is 6.08. The standard InChI is InChI=1S/C18H22ClN7O2/c1-11-9-24(5-6-25(11)17(27)28-18(2,3)4)15-16-23-21-10-26(16)13-7-12(19)8-20-14(13)22-15/h7-8,10-11H,5-6,9H2,1-4H3. The second kappa shape index (κ2) is 6.73. The van der Waals surface area contributed by atoms with Crippen LogP contribution in [0.15, 0.2) is 18.6 Å². The molecule has 9 nitrogen and oxygen atoms in total. The van der Waals surface area contributed by atoms with Gasteiger partial charge in [0.25, 0.3) is 0 Å². The van der Waals surface area contributed by atoms with Crippen molar-refractivity contribution in [1.82, 2.24) is 29.5 Å². The number of carbonyl (C=O) groups is 1. The molecule has 0 N–H and O–H groups in total. The number of amides is 1. The Bertz CT molecular complexity index is 1050. The largest absolute Gasteiger partial charge is 0.444 e. The molecule has 4 heterocycles. The van der Waals surface area contributed by atoms with Crippen molar-refractivity contribution in [2.24, 2.45) is 0 Å². The van der Waals surface area contributed by atoms with Crippen LogP contribution in [0.2, 0.25) is 5.02 Å². The summed E-state index contributed by atoms with van der Waals surface area (Å²) in [6.07, 6.45) is 2.90. The fourth-order valence-electron chi connectivity index (χ4n) is 3.35. The second-order valence-corrected chi connectivity index (χ2v) is 8.36. The Labute approximate surface area is 167 Å². The smallest absolute Gasteiger partial charge is 0.410 e. The van der Waals surface area contributed by atoms with Gasteiger partial charge < -0.3 is 14.5 Å². The molecule has 1 unspecified atom stereocenters. The van der Waals surface area contributed by atoms with Crippen LogP contribution in [-0.4, -0.2) is 66.8 Å². The molecule has 1 amide bonds. The molecule has 10 heteroatoms. The van der Waals surface area contributed by atoms with Crippen molar-refractivity contribution in [1.29, 1.82) is 0 Å². The van der Waals surface area contributed by atoms with Crippen LogP contribution < -0.4 is 4.90 Å². The highest BCUT2D eigenvalue weighted by Gasteiger charge is 2.32. The Hall–Kier alpha value is -2.68. The zero-order valence-electron chi connectivity index (χ0n) is 16.3. The van der Waals surface area contributed by atoms with E-state index in [4.69, 9.17) is 21.3 Å². The molecule has 1 atom stereocenters. The van der Waals surface area contributed by atoms with Crippen LogP contribution in [0.1, 0.15) is 27.7 Å². The van der Waals surface area contributed by atoms with Crippen LogP contribution in [0.4, 0.5) is 10.6 Å². The van der Waals surface area contributed by atoms with Crippen LogP contribution in [0.25, 0.3) is 16.8 Å². The summed E-state index contributed by atoms with van der Waals surface area (Å²) in [5, 5.41) is 8.79. The molecule has 0 radical (unpaired) electrons. The molecule has 1 fully saturated rings. The minimum Gasteiger partial charge on any atom is -0.444 e. The van der Waals surface area contributed by atoms with E-state index < -0.39 is 5.60 Å². The normalized spacial score (nSPS) is 18.1. The van der Waals surface area contributed by atoms with E-state index in [1.807, 2.05) is 32.1 Å². The number of carbonyl (C=O) groups excluding carboxylic acids is 1. The van der Waals surface area contributed by atoms with E-state index in [1.54, 1.807) is 23.5 Å². The predicted octanol–water partition coefficient (Wildman–Crippen LogP) is 2.77. The Morgan fingerprint density at radius 3 is 2.82 bits per heavy atom. The highest BCUT2D eigenvalue weighted by molar-refractivity contribution is 6.31. The minimum absolute atomic E-state index is 0.0396. The third-order valence-corrected chi connectivity index (χ3v) is 4.79. The molecular weight excluding hydrogens is 382 g/mol. The average Bonchev–Trinajstić information content (AvgIpc) is 3.09. The molecule has 0 aliphatic carbocycles. The van der Waals surface area contributed by atoms with E-state index in [9.17, 15) is 4.79 Å². The fourth-order valence-corrected chi connectivity index (χ4v) is 3.50. The van der Waals surface area contributed by atoms with Gasteiger partial charge in [-0.3, -0.25) is 4.40 Å². The molecular formula is C18H22ClN7O2. The third-order valence-electron chi connectivity index (χ3n) is 4.59. The van der Waals surface area contributed by atoms with Gasteiger partial charge in [-0.15, -0.1) is 10.2 Å². The van der Waals surface area contributed by atoms with Crippen molar-refractivity contribution < 1.29 is 9.53 Å². The first-order valence-electron chi connectivity index (χ1n) is 9.12. The number of piperazine rings is 1. The zero-order valence-corrected chi connectivity index (χ0v) is 17.0. The summed E-state index contributed by atoms with van der Waals surface area (Å²) in [7, 11) is 0. The maximum Gasteiger partial charge on any atom is 0.410 e. The minimum atomic E-state index is -0.519. The summed E-state index contributed by atoms with van der Waals surface area (Å²) in [6, 6.07) is 1.75. The number of hydrogen-bond acceptors (Lipinski definition) is 7. The number of hydrogen-bond donors (Lipinski definition) is 0. The molecule has 0 bridgehead atoms. The lowest BCUT2D eigenvalue weighted by atomic mass is 10.2. The molecule has 148 valence electrons. The summed E-state index contributed by atoms with van der Waals surface area (Å²) in [5.74, 6) is 0.690. The first kappa shape index (κ1) is 18.7. The number of pyridine rings is 1. The van der Waals surface area contributed by atoms with E-state index in [-0.39, 0.29) is 12.1 Å². The molecule has 28 heavy (non-hydrogen) atoms. The lowest BCUT2D eigenvalue weighted by Crippen LogP contribution is -2.55. The molecule has 4 rings (SSSR count). The molecule has 1 aliphatic heterocycles. The van der Waals surface area contributed by atoms with Crippen LogP contribution in [0.3, 0.4) is 0 Å². The number of nitrogens with zero attached hydrogens (tertiary/aromatic N) is 7. The van der Waals surface area contributed by atoms with Gasteiger partial charge in [-0.1, -0.05) is 11.6 Å². The van der Waals surface area contributed by atoms with E-state index in [2.05, 4.69) is 20.1 Å².